The molecule has 0 bridgehead atoms. The van der Waals surface area contributed by atoms with Gasteiger partial charge in [0.05, 0.1) is 29.9 Å². The molecule has 3 aromatic carbocycles. The van der Waals surface area contributed by atoms with E-state index in [0.29, 0.717) is 33.5 Å². The lowest BCUT2D eigenvalue weighted by molar-refractivity contribution is -0.137. The molecule has 0 radical (unpaired) electrons. The molecule has 0 fully saturated rings. The van der Waals surface area contributed by atoms with Crippen LogP contribution in [0.1, 0.15) is 34.5 Å². The molecule has 1 amide bonds. The lowest BCUT2D eigenvalue weighted by Crippen LogP contribution is -2.26. The van der Waals surface area contributed by atoms with Crippen LogP contribution in [0.5, 0.6) is 11.5 Å². The lowest BCUT2D eigenvalue weighted by Gasteiger charge is -2.15. The minimum absolute atomic E-state index is 0.108. The van der Waals surface area contributed by atoms with Crippen LogP contribution < -0.4 is 10.1 Å². The van der Waals surface area contributed by atoms with Gasteiger partial charge in [0.1, 0.15) is 11.5 Å². The number of amides is 1. The molecule has 0 unspecified atom stereocenters. The van der Waals surface area contributed by atoms with Crippen molar-refractivity contribution in [3.8, 4) is 22.8 Å². The Balaban J connectivity index is 1.66. The lowest BCUT2D eigenvalue weighted by atomic mass is 10.0. The minimum Gasteiger partial charge on any atom is -0.508 e. The molecule has 1 heterocycles. The second-order valence-corrected chi connectivity index (χ2v) is 7.81. The number of aromatic hydroxyl groups is 1. The van der Waals surface area contributed by atoms with E-state index in [2.05, 4.69) is 10.3 Å². The fourth-order valence-corrected chi connectivity index (χ4v) is 3.64. The average molecular weight is 466 g/mol. The summed E-state index contributed by atoms with van der Waals surface area (Å²) < 4.78 is 44.2. The summed E-state index contributed by atoms with van der Waals surface area (Å²) in [4.78, 5) is 17.4. The number of pyridine rings is 1. The van der Waals surface area contributed by atoms with Crippen molar-refractivity contribution >= 4 is 16.8 Å². The maximum atomic E-state index is 12.9. The topological polar surface area (TPSA) is 71.5 Å². The zero-order chi connectivity index (χ0) is 24.5. The van der Waals surface area contributed by atoms with E-state index < -0.39 is 11.7 Å². The third kappa shape index (κ3) is 4.80. The third-order valence-electron chi connectivity index (χ3n) is 5.48. The van der Waals surface area contributed by atoms with Crippen molar-refractivity contribution in [1.82, 2.24) is 10.3 Å². The Hall–Kier alpha value is -4.07. The molecule has 174 valence electrons. The molecule has 0 aliphatic carbocycles. The van der Waals surface area contributed by atoms with Gasteiger partial charge in [0.2, 0.25) is 0 Å². The Morgan fingerprint density at radius 2 is 1.76 bits per heavy atom. The quantitative estimate of drug-likeness (QED) is 0.371. The highest BCUT2D eigenvalue weighted by Crippen LogP contribution is 2.33. The monoisotopic (exact) mass is 466 g/mol. The number of carbonyl (C=O) groups is 1. The van der Waals surface area contributed by atoms with E-state index >= 15 is 0 Å². The van der Waals surface area contributed by atoms with Crippen LogP contribution in [0.15, 0.2) is 72.8 Å². The van der Waals surface area contributed by atoms with E-state index in [-0.39, 0.29) is 17.7 Å². The number of ether oxygens (including phenoxy) is 1. The number of nitrogens with one attached hydrogen (secondary N) is 1. The van der Waals surface area contributed by atoms with Crippen LogP contribution in [-0.2, 0) is 6.18 Å². The molecular formula is C26H21F3N2O3. The number of phenolic OH excluding ortho intramolecular Hbond substituents is 1. The third-order valence-corrected chi connectivity index (χ3v) is 5.48. The molecule has 0 saturated heterocycles. The van der Waals surface area contributed by atoms with E-state index in [1.54, 1.807) is 55.5 Å². The predicted molar refractivity (Wildman–Crippen MR) is 123 cm³/mol. The molecule has 8 heteroatoms. The number of hydrogen-bond donors (Lipinski definition) is 2. The first-order valence-corrected chi connectivity index (χ1v) is 10.4. The van der Waals surface area contributed by atoms with Gasteiger partial charge in [-0.1, -0.05) is 24.3 Å². The molecule has 0 spiro atoms. The summed E-state index contributed by atoms with van der Waals surface area (Å²) in [6, 6.07) is 17.6. The number of aromatic nitrogens is 1. The van der Waals surface area contributed by atoms with Crippen molar-refractivity contribution in [1.29, 1.82) is 0 Å². The van der Waals surface area contributed by atoms with Crippen molar-refractivity contribution < 1.29 is 27.8 Å². The molecule has 0 aliphatic rings. The Bertz CT molecular complexity index is 1350. The zero-order valence-corrected chi connectivity index (χ0v) is 18.4. The van der Waals surface area contributed by atoms with Gasteiger partial charge in [-0.25, -0.2) is 4.98 Å². The van der Waals surface area contributed by atoms with Gasteiger partial charge in [0, 0.05) is 22.6 Å². The summed E-state index contributed by atoms with van der Waals surface area (Å²) in [6.45, 7) is 1.80. The summed E-state index contributed by atoms with van der Waals surface area (Å²) in [5.74, 6) is 0.259. The Morgan fingerprint density at radius 1 is 1.03 bits per heavy atom. The molecule has 34 heavy (non-hydrogen) atoms. The van der Waals surface area contributed by atoms with E-state index in [1.165, 1.54) is 19.2 Å². The first-order valence-electron chi connectivity index (χ1n) is 10.4. The smallest absolute Gasteiger partial charge is 0.416 e. The molecule has 0 aliphatic heterocycles. The van der Waals surface area contributed by atoms with Crippen molar-refractivity contribution in [2.75, 3.05) is 7.11 Å². The Labute approximate surface area is 193 Å². The summed E-state index contributed by atoms with van der Waals surface area (Å²) >= 11 is 0. The number of methoxy groups -OCH3 is 1. The Kier molecular flexibility index (Phi) is 6.15. The van der Waals surface area contributed by atoms with Crippen molar-refractivity contribution in [2.24, 2.45) is 0 Å². The molecular weight excluding hydrogens is 445 g/mol. The normalized spacial score (nSPS) is 12.4. The van der Waals surface area contributed by atoms with Crippen LogP contribution >= 0.6 is 0 Å². The highest BCUT2D eigenvalue weighted by atomic mass is 19.4. The summed E-state index contributed by atoms with van der Waals surface area (Å²) in [5.41, 5.74) is 1.73. The van der Waals surface area contributed by atoms with Gasteiger partial charge in [-0.05, 0) is 55.0 Å². The summed E-state index contributed by atoms with van der Waals surface area (Å²) in [6.07, 6.45) is -4.43. The van der Waals surface area contributed by atoms with E-state index in [4.69, 9.17) is 4.74 Å². The number of rotatable bonds is 5. The second-order valence-electron chi connectivity index (χ2n) is 7.81. The predicted octanol–water partition coefficient (Wildman–Crippen LogP) is 6.13. The molecule has 4 aromatic rings. The van der Waals surface area contributed by atoms with Crippen molar-refractivity contribution in [3.63, 3.8) is 0 Å². The van der Waals surface area contributed by atoms with Crippen LogP contribution in [-0.4, -0.2) is 23.1 Å². The van der Waals surface area contributed by atoms with Gasteiger partial charge in [0.25, 0.3) is 5.91 Å². The average Bonchev–Trinajstić information content (AvgIpc) is 2.82. The van der Waals surface area contributed by atoms with Crippen LogP contribution in [0, 0.1) is 0 Å². The van der Waals surface area contributed by atoms with Gasteiger partial charge < -0.3 is 15.2 Å². The molecule has 0 saturated carbocycles. The fourth-order valence-electron chi connectivity index (χ4n) is 3.64. The van der Waals surface area contributed by atoms with Crippen molar-refractivity contribution in [2.45, 2.75) is 19.1 Å². The van der Waals surface area contributed by atoms with E-state index in [0.717, 1.165) is 17.7 Å². The SMILES string of the molecule is COc1cc(-c2ccc(C(F)(F)F)cc2)nc2cc(C(=O)N[C@@H](C)c3cccc(O)c3)ccc12. The van der Waals surface area contributed by atoms with E-state index in [1.807, 2.05) is 0 Å². The van der Waals surface area contributed by atoms with Crippen LogP contribution in [0.2, 0.25) is 0 Å². The molecule has 2 N–H and O–H groups in total. The molecule has 1 aromatic heterocycles. The molecule has 5 nitrogen and oxygen atoms in total. The molecule has 4 rings (SSSR count). The largest absolute Gasteiger partial charge is 0.508 e. The number of carbonyl (C=O) groups excluding carboxylic acids is 1. The van der Waals surface area contributed by atoms with Gasteiger partial charge >= 0.3 is 6.18 Å². The number of fused-ring (bicyclic) bond motifs is 1. The van der Waals surface area contributed by atoms with Gasteiger partial charge in [-0.2, -0.15) is 13.2 Å². The second kappa shape index (κ2) is 9.05. The summed E-state index contributed by atoms with van der Waals surface area (Å²) in [5, 5.41) is 13.2. The zero-order valence-electron chi connectivity index (χ0n) is 18.4. The van der Waals surface area contributed by atoms with Crippen LogP contribution in [0.25, 0.3) is 22.2 Å². The van der Waals surface area contributed by atoms with E-state index in [9.17, 15) is 23.1 Å². The van der Waals surface area contributed by atoms with Gasteiger partial charge in [-0.15, -0.1) is 0 Å². The first-order chi connectivity index (χ1) is 16.2. The van der Waals surface area contributed by atoms with Crippen LogP contribution in [0.4, 0.5) is 13.2 Å². The summed E-state index contributed by atoms with van der Waals surface area (Å²) in [7, 11) is 1.49. The highest BCUT2D eigenvalue weighted by Gasteiger charge is 2.30. The maximum Gasteiger partial charge on any atom is 0.416 e. The van der Waals surface area contributed by atoms with Crippen molar-refractivity contribution in [3.05, 3.63) is 89.5 Å². The maximum absolute atomic E-state index is 12.9. The number of phenols is 1. The molecule has 1 atom stereocenters. The minimum atomic E-state index is -4.43. The van der Waals surface area contributed by atoms with Gasteiger partial charge in [0.15, 0.2) is 0 Å². The standard InChI is InChI=1S/C26H21F3N2O3/c1-15(17-4-3-5-20(32)12-17)30-25(33)18-8-11-21-23(13-18)31-22(14-24(21)34-2)16-6-9-19(10-7-16)26(27,28)29/h3-15,32H,1-2H3,(H,30,33)/t15-/m0/s1. The number of alkyl halides is 3. The number of nitrogens with zero attached hydrogens (tertiary/aromatic N) is 1. The number of hydrogen-bond acceptors (Lipinski definition) is 4. The van der Waals surface area contributed by atoms with Crippen LogP contribution in [0.3, 0.4) is 0 Å². The van der Waals surface area contributed by atoms with Gasteiger partial charge in [-0.3, -0.25) is 4.79 Å². The number of benzene rings is 3. The first kappa shape index (κ1) is 23.1. The Morgan fingerprint density at radius 3 is 2.41 bits per heavy atom. The fraction of sp³-hybridized carbons (Fsp3) is 0.154. The number of halogens is 3. The highest BCUT2D eigenvalue weighted by molar-refractivity contribution is 5.99.